The minimum Gasteiger partial charge on any atom is -0.329 e. The molecule has 2 rings (SSSR count). The molecule has 21 heavy (non-hydrogen) atoms. The van der Waals surface area contributed by atoms with Gasteiger partial charge < -0.3 is 11.1 Å². The maximum absolute atomic E-state index is 12.8. The summed E-state index contributed by atoms with van der Waals surface area (Å²) in [5, 5.41) is 12.2. The monoisotopic (exact) mass is 285 g/mol. The molecule has 0 saturated heterocycles. The second kappa shape index (κ2) is 6.73. The van der Waals surface area contributed by atoms with Gasteiger partial charge in [0.05, 0.1) is 16.7 Å². The van der Waals surface area contributed by atoms with Crippen molar-refractivity contribution in [1.82, 2.24) is 0 Å². The Balaban J connectivity index is 2.24. The van der Waals surface area contributed by atoms with Crippen LogP contribution in [0.2, 0.25) is 0 Å². The molecule has 1 aliphatic rings. The lowest BCUT2D eigenvalue weighted by molar-refractivity contribution is -0.125. The van der Waals surface area contributed by atoms with E-state index in [1.807, 2.05) is 19.1 Å². The van der Waals surface area contributed by atoms with Crippen molar-refractivity contribution in [3.05, 3.63) is 29.3 Å². The highest BCUT2D eigenvalue weighted by Gasteiger charge is 2.37. The first-order valence-corrected chi connectivity index (χ1v) is 7.64. The fourth-order valence-corrected chi connectivity index (χ4v) is 3.10. The molecular formula is C17H23N3O. The van der Waals surface area contributed by atoms with E-state index in [-0.39, 0.29) is 5.91 Å². The summed E-state index contributed by atoms with van der Waals surface area (Å²) in [6.45, 7) is 2.24. The summed E-state index contributed by atoms with van der Waals surface area (Å²) < 4.78 is 0. The molecule has 0 atom stereocenters. The number of rotatable bonds is 3. The number of nitrogens with two attached hydrogens (primary N) is 1. The van der Waals surface area contributed by atoms with Crippen LogP contribution in [0.1, 0.15) is 49.7 Å². The molecule has 0 radical (unpaired) electrons. The van der Waals surface area contributed by atoms with Crippen molar-refractivity contribution in [2.45, 2.75) is 45.4 Å². The molecule has 1 aliphatic carbocycles. The van der Waals surface area contributed by atoms with Gasteiger partial charge in [-0.15, -0.1) is 0 Å². The summed E-state index contributed by atoms with van der Waals surface area (Å²) in [7, 11) is 0. The van der Waals surface area contributed by atoms with E-state index in [1.165, 1.54) is 12.8 Å². The lowest BCUT2D eigenvalue weighted by Gasteiger charge is -2.30. The summed E-state index contributed by atoms with van der Waals surface area (Å²) in [5.74, 6) is -0.0333. The molecule has 1 fully saturated rings. The van der Waals surface area contributed by atoms with Gasteiger partial charge in [-0.05, 0) is 31.4 Å². The van der Waals surface area contributed by atoms with E-state index in [1.54, 1.807) is 6.07 Å². The standard InChI is InChI=1S/C17H23N3O/c1-13-7-6-8-15(14(13)11-18)20-16(21)17(12-19)9-4-2-3-5-10-17/h6-8H,2-5,9-10,12,19H2,1H3,(H,20,21). The molecule has 0 aromatic heterocycles. The van der Waals surface area contributed by atoms with Gasteiger partial charge in [0.2, 0.25) is 5.91 Å². The lowest BCUT2D eigenvalue weighted by atomic mass is 9.79. The van der Waals surface area contributed by atoms with Gasteiger partial charge in [0.1, 0.15) is 6.07 Å². The maximum atomic E-state index is 12.8. The second-order valence-electron chi connectivity index (χ2n) is 5.96. The number of carbonyl (C=O) groups is 1. The highest BCUT2D eigenvalue weighted by molar-refractivity contribution is 5.96. The van der Waals surface area contributed by atoms with Crippen molar-refractivity contribution in [1.29, 1.82) is 5.26 Å². The van der Waals surface area contributed by atoms with Gasteiger partial charge in [0.25, 0.3) is 0 Å². The van der Waals surface area contributed by atoms with E-state index in [9.17, 15) is 10.1 Å². The molecule has 1 amide bonds. The summed E-state index contributed by atoms with van der Waals surface area (Å²) in [6.07, 6.45) is 6.10. The quantitative estimate of drug-likeness (QED) is 0.837. The zero-order valence-corrected chi connectivity index (χ0v) is 12.6. The first-order valence-electron chi connectivity index (χ1n) is 7.64. The number of benzene rings is 1. The van der Waals surface area contributed by atoms with Gasteiger partial charge in [0.15, 0.2) is 0 Å². The van der Waals surface area contributed by atoms with Crippen LogP contribution in [-0.2, 0) is 4.79 Å². The van der Waals surface area contributed by atoms with Crippen LogP contribution in [0.25, 0.3) is 0 Å². The third-order valence-corrected chi connectivity index (χ3v) is 4.57. The van der Waals surface area contributed by atoms with Crippen LogP contribution in [0.4, 0.5) is 5.69 Å². The molecule has 4 heteroatoms. The average Bonchev–Trinajstić information content (AvgIpc) is 2.74. The van der Waals surface area contributed by atoms with Crippen LogP contribution in [0, 0.1) is 23.7 Å². The number of anilines is 1. The Labute approximate surface area is 126 Å². The molecule has 1 aromatic carbocycles. The number of nitriles is 1. The molecule has 0 heterocycles. The molecule has 0 spiro atoms. The summed E-state index contributed by atoms with van der Waals surface area (Å²) >= 11 is 0. The van der Waals surface area contributed by atoms with E-state index in [0.717, 1.165) is 31.2 Å². The molecule has 0 unspecified atom stereocenters. The van der Waals surface area contributed by atoms with Gasteiger partial charge in [-0.25, -0.2) is 0 Å². The van der Waals surface area contributed by atoms with Gasteiger partial charge in [-0.2, -0.15) is 5.26 Å². The molecule has 4 nitrogen and oxygen atoms in total. The number of hydrogen-bond acceptors (Lipinski definition) is 3. The number of nitrogens with zero attached hydrogens (tertiary/aromatic N) is 1. The highest BCUT2D eigenvalue weighted by Crippen LogP contribution is 2.35. The molecular weight excluding hydrogens is 262 g/mol. The van der Waals surface area contributed by atoms with Crippen molar-refractivity contribution >= 4 is 11.6 Å². The molecule has 0 aliphatic heterocycles. The van der Waals surface area contributed by atoms with E-state index in [0.29, 0.717) is 17.8 Å². The minimum absolute atomic E-state index is 0.0333. The van der Waals surface area contributed by atoms with Crippen LogP contribution in [-0.4, -0.2) is 12.5 Å². The van der Waals surface area contributed by atoms with Crippen molar-refractivity contribution in [2.75, 3.05) is 11.9 Å². The second-order valence-corrected chi connectivity index (χ2v) is 5.96. The predicted molar refractivity (Wildman–Crippen MR) is 83.7 cm³/mol. The largest absolute Gasteiger partial charge is 0.329 e. The Bertz CT molecular complexity index is 552. The Hall–Kier alpha value is -1.86. The summed E-state index contributed by atoms with van der Waals surface area (Å²) in [4.78, 5) is 12.8. The third kappa shape index (κ3) is 3.25. The van der Waals surface area contributed by atoms with Crippen LogP contribution >= 0.6 is 0 Å². The lowest BCUT2D eigenvalue weighted by Crippen LogP contribution is -2.42. The normalized spacial score (nSPS) is 17.6. The fourth-order valence-electron chi connectivity index (χ4n) is 3.10. The number of hydrogen-bond donors (Lipinski definition) is 2. The van der Waals surface area contributed by atoms with Gasteiger partial charge in [-0.3, -0.25) is 4.79 Å². The topological polar surface area (TPSA) is 78.9 Å². The number of amides is 1. The van der Waals surface area contributed by atoms with E-state index in [2.05, 4.69) is 11.4 Å². The molecule has 1 aromatic rings. The van der Waals surface area contributed by atoms with Crippen molar-refractivity contribution < 1.29 is 4.79 Å². The van der Waals surface area contributed by atoms with Crippen LogP contribution in [0.3, 0.4) is 0 Å². The number of nitrogens with one attached hydrogen (secondary N) is 1. The first kappa shape index (κ1) is 15.5. The number of aryl methyl sites for hydroxylation is 1. The summed E-state index contributed by atoms with van der Waals surface area (Å²) in [5.41, 5.74) is 7.46. The van der Waals surface area contributed by atoms with Crippen LogP contribution in [0.15, 0.2) is 18.2 Å². The molecule has 0 bridgehead atoms. The van der Waals surface area contributed by atoms with Crippen molar-refractivity contribution in [3.63, 3.8) is 0 Å². The Kier molecular flexibility index (Phi) is 4.98. The van der Waals surface area contributed by atoms with Crippen LogP contribution < -0.4 is 11.1 Å². The molecule has 112 valence electrons. The van der Waals surface area contributed by atoms with Gasteiger partial charge in [0, 0.05) is 6.54 Å². The van der Waals surface area contributed by atoms with Crippen molar-refractivity contribution in [2.24, 2.45) is 11.1 Å². The molecule has 3 N–H and O–H groups in total. The fraction of sp³-hybridized carbons (Fsp3) is 0.529. The average molecular weight is 285 g/mol. The van der Waals surface area contributed by atoms with Crippen LogP contribution in [0.5, 0.6) is 0 Å². The van der Waals surface area contributed by atoms with E-state index < -0.39 is 5.41 Å². The van der Waals surface area contributed by atoms with Gasteiger partial charge in [-0.1, -0.05) is 37.8 Å². The van der Waals surface area contributed by atoms with Crippen molar-refractivity contribution in [3.8, 4) is 6.07 Å². The zero-order chi connectivity index (χ0) is 15.3. The first-order chi connectivity index (χ1) is 10.1. The Morgan fingerprint density at radius 2 is 2.00 bits per heavy atom. The number of carbonyl (C=O) groups excluding carboxylic acids is 1. The maximum Gasteiger partial charge on any atom is 0.231 e. The van der Waals surface area contributed by atoms with E-state index >= 15 is 0 Å². The zero-order valence-electron chi connectivity index (χ0n) is 12.6. The Morgan fingerprint density at radius 1 is 1.33 bits per heavy atom. The van der Waals surface area contributed by atoms with Gasteiger partial charge >= 0.3 is 0 Å². The van der Waals surface area contributed by atoms with E-state index in [4.69, 9.17) is 5.73 Å². The minimum atomic E-state index is -0.479. The SMILES string of the molecule is Cc1cccc(NC(=O)C2(CN)CCCCCC2)c1C#N. The summed E-state index contributed by atoms with van der Waals surface area (Å²) in [6, 6.07) is 7.68. The third-order valence-electron chi connectivity index (χ3n) is 4.57. The predicted octanol–water partition coefficient (Wildman–Crippen LogP) is 3.10. The smallest absolute Gasteiger partial charge is 0.231 e. The Morgan fingerprint density at radius 3 is 2.57 bits per heavy atom. The highest BCUT2D eigenvalue weighted by atomic mass is 16.2. The molecule has 1 saturated carbocycles.